The zero-order valence-corrected chi connectivity index (χ0v) is 11.4. The molecule has 1 aromatic heterocycles. The molecule has 21 heavy (non-hydrogen) atoms. The van der Waals surface area contributed by atoms with Crippen LogP contribution in [0.3, 0.4) is 0 Å². The van der Waals surface area contributed by atoms with Crippen LogP contribution >= 0.6 is 11.3 Å². The van der Waals surface area contributed by atoms with Crippen LogP contribution in [0.2, 0.25) is 0 Å². The van der Waals surface area contributed by atoms with Gasteiger partial charge in [0.05, 0.1) is 4.92 Å². The maximum Gasteiger partial charge on any atom is 0.363 e. The summed E-state index contributed by atoms with van der Waals surface area (Å²) in [5.74, 6) is -0.661. The van der Waals surface area contributed by atoms with Crippen LogP contribution in [0.5, 0.6) is 0 Å². The lowest BCUT2D eigenvalue weighted by Gasteiger charge is -2.00. The third-order valence-corrected chi connectivity index (χ3v) is 3.59. The van der Waals surface area contributed by atoms with E-state index in [4.69, 9.17) is 4.74 Å². The molecule has 1 aliphatic heterocycles. The molecular weight excluding hydrogens is 292 g/mol. The molecule has 3 rings (SSSR count). The zero-order chi connectivity index (χ0) is 14.8. The molecule has 1 aliphatic rings. The summed E-state index contributed by atoms with van der Waals surface area (Å²) in [5, 5.41) is 12.9. The first-order valence-electron chi connectivity index (χ1n) is 5.95. The van der Waals surface area contributed by atoms with Gasteiger partial charge in [0, 0.05) is 10.9 Å². The highest BCUT2D eigenvalue weighted by atomic mass is 32.1. The molecule has 0 amide bonds. The van der Waals surface area contributed by atoms with E-state index in [1.165, 1.54) is 23.5 Å². The van der Waals surface area contributed by atoms with Gasteiger partial charge in [-0.2, -0.15) is 0 Å². The lowest BCUT2D eigenvalue weighted by Crippen LogP contribution is -2.07. The molecule has 0 saturated heterocycles. The first-order chi connectivity index (χ1) is 10.1. The summed E-state index contributed by atoms with van der Waals surface area (Å²) >= 11 is 1.46. The highest BCUT2D eigenvalue weighted by Crippen LogP contribution is 2.25. The highest BCUT2D eigenvalue weighted by Gasteiger charge is 2.28. The molecule has 7 heteroatoms. The molecule has 0 spiro atoms. The quantitative estimate of drug-likeness (QED) is 0.377. The van der Waals surface area contributed by atoms with Crippen LogP contribution in [0.25, 0.3) is 6.08 Å². The van der Waals surface area contributed by atoms with Crippen molar-refractivity contribution in [2.24, 2.45) is 4.99 Å². The second-order valence-electron chi connectivity index (χ2n) is 4.13. The van der Waals surface area contributed by atoms with Gasteiger partial charge in [-0.1, -0.05) is 18.2 Å². The number of hydrogen-bond acceptors (Lipinski definition) is 6. The number of nitro benzene ring substituents is 1. The molecule has 0 N–H and O–H groups in total. The third-order valence-electron chi connectivity index (χ3n) is 2.77. The maximum atomic E-state index is 11.8. The van der Waals surface area contributed by atoms with E-state index in [1.54, 1.807) is 18.2 Å². The lowest BCUT2D eigenvalue weighted by molar-refractivity contribution is -0.385. The van der Waals surface area contributed by atoms with Crippen molar-refractivity contribution in [1.82, 2.24) is 0 Å². The predicted octanol–water partition coefficient (Wildman–Crippen LogP) is 3.00. The number of carbonyl (C=O) groups excluding carboxylic acids is 1. The number of thiophene rings is 1. The van der Waals surface area contributed by atoms with E-state index in [2.05, 4.69) is 4.99 Å². The number of para-hydroxylation sites is 1. The minimum Gasteiger partial charge on any atom is -0.402 e. The van der Waals surface area contributed by atoms with Crippen LogP contribution in [-0.2, 0) is 9.53 Å². The Morgan fingerprint density at radius 3 is 2.76 bits per heavy atom. The fraction of sp³-hybridized carbons (Fsp3) is 0. The number of carbonyl (C=O) groups is 1. The van der Waals surface area contributed by atoms with Gasteiger partial charge in [-0.3, -0.25) is 10.1 Å². The first kappa shape index (κ1) is 13.2. The summed E-state index contributed by atoms with van der Waals surface area (Å²) in [4.78, 5) is 27.2. The summed E-state index contributed by atoms with van der Waals surface area (Å²) in [7, 11) is 0. The second kappa shape index (κ2) is 5.29. The number of esters is 1. The minimum absolute atomic E-state index is 0.0462. The summed E-state index contributed by atoms with van der Waals surface area (Å²) < 4.78 is 5.04. The van der Waals surface area contributed by atoms with Crippen LogP contribution in [0.15, 0.2) is 52.5 Å². The Morgan fingerprint density at radius 2 is 2.05 bits per heavy atom. The van der Waals surface area contributed by atoms with E-state index in [0.29, 0.717) is 0 Å². The van der Waals surface area contributed by atoms with Gasteiger partial charge in [0.1, 0.15) is 5.56 Å². The van der Waals surface area contributed by atoms with E-state index >= 15 is 0 Å². The second-order valence-corrected chi connectivity index (χ2v) is 5.11. The number of rotatable bonds is 3. The third kappa shape index (κ3) is 2.59. The van der Waals surface area contributed by atoms with Gasteiger partial charge in [0.15, 0.2) is 5.70 Å². The van der Waals surface area contributed by atoms with E-state index in [-0.39, 0.29) is 22.8 Å². The Kier molecular flexibility index (Phi) is 3.33. The summed E-state index contributed by atoms with van der Waals surface area (Å²) in [6.07, 6.45) is 1.59. The molecule has 1 aromatic carbocycles. The molecule has 0 atom stereocenters. The van der Waals surface area contributed by atoms with Gasteiger partial charge in [-0.15, -0.1) is 11.3 Å². The molecule has 0 saturated carbocycles. The minimum atomic E-state index is -0.614. The number of aliphatic imine (C=N–C) groups is 1. The van der Waals surface area contributed by atoms with E-state index in [1.807, 2.05) is 17.5 Å². The standard InChI is InChI=1S/C14H8N2O4S/c17-14-11(8-9-4-3-7-21-9)15-13(20-14)10-5-1-2-6-12(10)16(18)19/h1-8H/b11-8-. The van der Waals surface area contributed by atoms with Crippen molar-refractivity contribution < 1.29 is 14.5 Å². The smallest absolute Gasteiger partial charge is 0.363 e. The number of benzene rings is 1. The topological polar surface area (TPSA) is 81.8 Å². The molecule has 0 fully saturated rings. The molecule has 0 bridgehead atoms. The molecule has 2 heterocycles. The number of cyclic esters (lactones) is 1. The van der Waals surface area contributed by atoms with E-state index in [0.717, 1.165) is 4.88 Å². The number of nitro groups is 1. The van der Waals surface area contributed by atoms with Gasteiger partial charge in [0.2, 0.25) is 5.90 Å². The predicted molar refractivity (Wildman–Crippen MR) is 78.0 cm³/mol. The Morgan fingerprint density at radius 1 is 1.24 bits per heavy atom. The van der Waals surface area contributed by atoms with Gasteiger partial charge in [-0.05, 0) is 23.6 Å². The summed E-state index contributed by atoms with van der Waals surface area (Å²) in [6.45, 7) is 0. The molecule has 104 valence electrons. The normalized spacial score (nSPS) is 15.9. The Balaban J connectivity index is 2.02. The van der Waals surface area contributed by atoms with E-state index < -0.39 is 10.9 Å². The Labute approximate surface area is 123 Å². The van der Waals surface area contributed by atoms with Crippen LogP contribution in [0.4, 0.5) is 5.69 Å². The van der Waals surface area contributed by atoms with Crippen molar-refractivity contribution in [2.75, 3.05) is 0 Å². The molecule has 0 radical (unpaired) electrons. The number of ether oxygens (including phenoxy) is 1. The molecule has 0 unspecified atom stereocenters. The molecular formula is C14H8N2O4S. The average Bonchev–Trinajstić information content (AvgIpc) is 3.10. The van der Waals surface area contributed by atoms with Crippen molar-refractivity contribution in [1.29, 1.82) is 0 Å². The first-order valence-corrected chi connectivity index (χ1v) is 6.83. The zero-order valence-electron chi connectivity index (χ0n) is 10.6. The summed E-state index contributed by atoms with van der Waals surface area (Å²) in [6, 6.07) is 9.69. The van der Waals surface area contributed by atoms with Crippen LogP contribution in [-0.4, -0.2) is 16.8 Å². The highest BCUT2D eigenvalue weighted by molar-refractivity contribution is 7.10. The average molecular weight is 300 g/mol. The van der Waals surface area contributed by atoms with Crippen molar-refractivity contribution in [3.63, 3.8) is 0 Å². The van der Waals surface area contributed by atoms with Gasteiger partial charge in [-0.25, -0.2) is 9.79 Å². The molecule has 6 nitrogen and oxygen atoms in total. The summed E-state index contributed by atoms with van der Waals surface area (Å²) in [5.41, 5.74) is 0.164. The van der Waals surface area contributed by atoms with E-state index in [9.17, 15) is 14.9 Å². The lowest BCUT2D eigenvalue weighted by atomic mass is 10.2. The largest absolute Gasteiger partial charge is 0.402 e. The van der Waals surface area contributed by atoms with Crippen molar-refractivity contribution in [3.8, 4) is 0 Å². The molecule has 0 aliphatic carbocycles. The van der Waals surface area contributed by atoms with Gasteiger partial charge < -0.3 is 4.74 Å². The van der Waals surface area contributed by atoms with Gasteiger partial charge >= 0.3 is 5.97 Å². The van der Waals surface area contributed by atoms with Crippen molar-refractivity contribution >= 4 is 35.0 Å². The van der Waals surface area contributed by atoms with Crippen molar-refractivity contribution in [2.45, 2.75) is 0 Å². The maximum absolute atomic E-state index is 11.8. The SMILES string of the molecule is O=C1OC(c2ccccc2[N+](=O)[O-])=N/C1=C\c1cccs1. The number of hydrogen-bond donors (Lipinski definition) is 0. The number of nitrogens with zero attached hydrogens (tertiary/aromatic N) is 2. The van der Waals surface area contributed by atoms with Crippen LogP contribution < -0.4 is 0 Å². The monoisotopic (exact) mass is 300 g/mol. The fourth-order valence-corrected chi connectivity index (χ4v) is 2.50. The Hall–Kier alpha value is -2.80. The van der Waals surface area contributed by atoms with Crippen LogP contribution in [0, 0.1) is 10.1 Å². The molecule has 2 aromatic rings. The van der Waals surface area contributed by atoms with Gasteiger partial charge in [0.25, 0.3) is 5.69 Å². The van der Waals surface area contributed by atoms with Crippen LogP contribution in [0.1, 0.15) is 10.4 Å². The fourth-order valence-electron chi connectivity index (χ4n) is 1.85. The van der Waals surface area contributed by atoms with Crippen molar-refractivity contribution in [3.05, 3.63) is 68.0 Å². The Bertz CT molecular complexity index is 778.